The molecule has 3 atom stereocenters. The molecule has 1 aromatic carbocycles. The molecule has 3 rings (SSSR count). The van der Waals surface area contributed by atoms with Crippen LogP contribution in [0, 0.1) is 11.8 Å². The van der Waals surface area contributed by atoms with Crippen molar-refractivity contribution in [2.75, 3.05) is 33.3 Å². The van der Waals surface area contributed by atoms with Gasteiger partial charge in [-0.2, -0.15) is 0 Å². The van der Waals surface area contributed by atoms with Crippen LogP contribution in [0.1, 0.15) is 31.4 Å². The molecule has 1 saturated heterocycles. The maximum absolute atomic E-state index is 5.87. The van der Waals surface area contributed by atoms with Gasteiger partial charge in [0.2, 0.25) is 0 Å². The molecule has 0 saturated carbocycles. The smallest absolute Gasteiger partial charge is 0.124 e. The predicted molar refractivity (Wildman–Crippen MR) is 82.1 cm³/mol. The highest BCUT2D eigenvalue weighted by Crippen LogP contribution is 2.38. The SMILES string of the molecule is CC1COc2ccccc2C1N(C)CC1CCCNC1. The summed E-state index contributed by atoms with van der Waals surface area (Å²) in [6.45, 7) is 6.67. The van der Waals surface area contributed by atoms with Gasteiger partial charge in [0, 0.05) is 24.1 Å². The molecular formula is C17H26N2O. The summed E-state index contributed by atoms with van der Waals surface area (Å²) in [5.41, 5.74) is 1.36. The number of fused-ring (bicyclic) bond motifs is 1. The van der Waals surface area contributed by atoms with Crippen LogP contribution in [0.2, 0.25) is 0 Å². The van der Waals surface area contributed by atoms with Gasteiger partial charge < -0.3 is 10.1 Å². The van der Waals surface area contributed by atoms with Gasteiger partial charge in [0.05, 0.1) is 6.61 Å². The molecule has 2 aliphatic rings. The van der Waals surface area contributed by atoms with Gasteiger partial charge in [-0.3, -0.25) is 4.90 Å². The fraction of sp³-hybridized carbons (Fsp3) is 0.647. The van der Waals surface area contributed by atoms with Crippen molar-refractivity contribution in [1.82, 2.24) is 10.2 Å². The van der Waals surface area contributed by atoms with E-state index in [4.69, 9.17) is 4.74 Å². The zero-order valence-corrected chi connectivity index (χ0v) is 12.6. The van der Waals surface area contributed by atoms with Gasteiger partial charge in [-0.25, -0.2) is 0 Å². The van der Waals surface area contributed by atoms with Gasteiger partial charge in [-0.15, -0.1) is 0 Å². The lowest BCUT2D eigenvalue weighted by molar-refractivity contribution is 0.0934. The van der Waals surface area contributed by atoms with Crippen molar-refractivity contribution in [2.24, 2.45) is 11.8 Å². The lowest BCUT2D eigenvalue weighted by Gasteiger charge is -2.39. The molecule has 3 heteroatoms. The maximum atomic E-state index is 5.87. The number of nitrogens with one attached hydrogen (secondary N) is 1. The molecule has 2 aliphatic heterocycles. The summed E-state index contributed by atoms with van der Waals surface area (Å²) >= 11 is 0. The van der Waals surface area contributed by atoms with Crippen molar-refractivity contribution in [2.45, 2.75) is 25.8 Å². The summed E-state index contributed by atoms with van der Waals surface area (Å²) in [5.74, 6) is 2.41. The van der Waals surface area contributed by atoms with E-state index in [0.717, 1.165) is 18.3 Å². The third-order valence-corrected chi connectivity index (χ3v) is 4.70. The molecule has 110 valence electrons. The second kappa shape index (κ2) is 6.15. The minimum atomic E-state index is 0.488. The number of hydrogen-bond acceptors (Lipinski definition) is 3. The van der Waals surface area contributed by atoms with Crippen LogP contribution in [0.4, 0.5) is 0 Å². The molecule has 0 radical (unpaired) electrons. The largest absolute Gasteiger partial charge is 0.493 e. The predicted octanol–water partition coefficient (Wildman–Crippen LogP) is 2.69. The van der Waals surface area contributed by atoms with Gasteiger partial charge >= 0.3 is 0 Å². The molecule has 1 N–H and O–H groups in total. The number of ether oxygens (including phenoxy) is 1. The minimum absolute atomic E-state index is 0.488. The Morgan fingerprint density at radius 1 is 1.35 bits per heavy atom. The van der Waals surface area contributed by atoms with E-state index in [9.17, 15) is 0 Å². The van der Waals surface area contributed by atoms with E-state index < -0.39 is 0 Å². The Bertz CT molecular complexity index is 442. The summed E-state index contributed by atoms with van der Waals surface area (Å²) < 4.78 is 5.87. The Balaban J connectivity index is 1.74. The number of benzene rings is 1. The van der Waals surface area contributed by atoms with E-state index in [1.165, 1.54) is 38.0 Å². The Hall–Kier alpha value is -1.06. The molecule has 0 aliphatic carbocycles. The minimum Gasteiger partial charge on any atom is -0.493 e. The maximum Gasteiger partial charge on any atom is 0.124 e. The molecule has 0 bridgehead atoms. The van der Waals surface area contributed by atoms with Crippen LogP contribution in [0.5, 0.6) is 5.75 Å². The van der Waals surface area contributed by atoms with E-state index in [-0.39, 0.29) is 0 Å². The normalized spacial score (nSPS) is 29.9. The summed E-state index contributed by atoms with van der Waals surface area (Å²) in [6, 6.07) is 9.01. The number of para-hydroxylation sites is 1. The van der Waals surface area contributed by atoms with E-state index in [0.29, 0.717) is 12.0 Å². The average Bonchev–Trinajstić information content (AvgIpc) is 2.48. The van der Waals surface area contributed by atoms with Gasteiger partial charge in [-0.05, 0) is 45.0 Å². The van der Waals surface area contributed by atoms with E-state index in [1.54, 1.807) is 0 Å². The molecular weight excluding hydrogens is 248 g/mol. The van der Waals surface area contributed by atoms with Gasteiger partial charge in [0.1, 0.15) is 5.75 Å². The lowest BCUT2D eigenvalue weighted by Crippen LogP contribution is -2.41. The van der Waals surface area contributed by atoms with Crippen LogP contribution in [-0.4, -0.2) is 38.2 Å². The number of rotatable bonds is 3. The summed E-state index contributed by atoms with van der Waals surface area (Å²) in [5, 5.41) is 3.52. The molecule has 0 amide bonds. The van der Waals surface area contributed by atoms with Crippen molar-refractivity contribution in [3.05, 3.63) is 29.8 Å². The molecule has 1 aromatic rings. The molecule has 2 heterocycles. The van der Waals surface area contributed by atoms with Gasteiger partial charge in [0.25, 0.3) is 0 Å². The molecule has 3 unspecified atom stereocenters. The second-order valence-corrected chi connectivity index (χ2v) is 6.42. The zero-order valence-electron chi connectivity index (χ0n) is 12.6. The van der Waals surface area contributed by atoms with Crippen molar-refractivity contribution < 1.29 is 4.74 Å². The third-order valence-electron chi connectivity index (χ3n) is 4.70. The lowest BCUT2D eigenvalue weighted by atomic mass is 9.89. The first-order chi connectivity index (χ1) is 9.75. The first-order valence-corrected chi connectivity index (χ1v) is 7.88. The second-order valence-electron chi connectivity index (χ2n) is 6.42. The van der Waals surface area contributed by atoms with Crippen molar-refractivity contribution in [3.8, 4) is 5.75 Å². The van der Waals surface area contributed by atoms with Crippen molar-refractivity contribution in [3.63, 3.8) is 0 Å². The quantitative estimate of drug-likeness (QED) is 0.917. The molecule has 20 heavy (non-hydrogen) atoms. The van der Waals surface area contributed by atoms with E-state index in [2.05, 4.69) is 48.5 Å². The van der Waals surface area contributed by atoms with Crippen molar-refractivity contribution in [1.29, 1.82) is 0 Å². The molecule has 3 nitrogen and oxygen atoms in total. The highest BCUT2D eigenvalue weighted by molar-refractivity contribution is 5.38. The van der Waals surface area contributed by atoms with Crippen LogP contribution in [0.25, 0.3) is 0 Å². The highest BCUT2D eigenvalue weighted by Gasteiger charge is 2.31. The van der Waals surface area contributed by atoms with Crippen LogP contribution >= 0.6 is 0 Å². The van der Waals surface area contributed by atoms with E-state index in [1.807, 2.05) is 0 Å². The van der Waals surface area contributed by atoms with Crippen LogP contribution in [-0.2, 0) is 0 Å². The van der Waals surface area contributed by atoms with Gasteiger partial charge in [0.15, 0.2) is 0 Å². The molecule has 0 aromatic heterocycles. The number of hydrogen-bond donors (Lipinski definition) is 1. The Morgan fingerprint density at radius 3 is 3.00 bits per heavy atom. The molecule has 0 spiro atoms. The van der Waals surface area contributed by atoms with E-state index >= 15 is 0 Å². The topological polar surface area (TPSA) is 24.5 Å². The monoisotopic (exact) mass is 274 g/mol. The molecule has 1 fully saturated rings. The fourth-order valence-electron chi connectivity index (χ4n) is 3.75. The number of piperidine rings is 1. The van der Waals surface area contributed by atoms with Crippen LogP contribution in [0.15, 0.2) is 24.3 Å². The number of nitrogens with zero attached hydrogens (tertiary/aromatic N) is 1. The first-order valence-electron chi connectivity index (χ1n) is 7.88. The Morgan fingerprint density at radius 2 is 2.20 bits per heavy atom. The zero-order chi connectivity index (χ0) is 13.9. The van der Waals surface area contributed by atoms with Crippen molar-refractivity contribution >= 4 is 0 Å². The van der Waals surface area contributed by atoms with Crippen LogP contribution in [0.3, 0.4) is 0 Å². The summed E-state index contributed by atoms with van der Waals surface area (Å²) in [4.78, 5) is 2.55. The highest BCUT2D eigenvalue weighted by atomic mass is 16.5. The average molecular weight is 274 g/mol. The van der Waals surface area contributed by atoms with Crippen LogP contribution < -0.4 is 10.1 Å². The van der Waals surface area contributed by atoms with Gasteiger partial charge in [-0.1, -0.05) is 25.1 Å². The third kappa shape index (κ3) is 2.84. The standard InChI is InChI=1S/C17H26N2O/c1-13-12-20-16-8-4-3-7-15(16)17(13)19(2)11-14-6-5-9-18-10-14/h3-4,7-8,13-14,17-18H,5-6,9-12H2,1-2H3. The summed E-state index contributed by atoms with van der Waals surface area (Å²) in [6.07, 6.45) is 2.68. The summed E-state index contributed by atoms with van der Waals surface area (Å²) in [7, 11) is 2.28. The first kappa shape index (κ1) is 13.9. The fourth-order valence-corrected chi connectivity index (χ4v) is 3.75. The Kier molecular flexibility index (Phi) is 4.27. The Labute approximate surface area is 122 Å².